The number of halogens is 3. The molecule has 3 aliphatic rings. The largest absolute Gasteiger partial charge is 0.431 e. The molecule has 0 radical (unpaired) electrons. The van der Waals surface area contributed by atoms with Crippen LogP contribution < -0.4 is 10.6 Å². The normalized spacial score (nSPS) is 26.9. The van der Waals surface area contributed by atoms with Crippen LogP contribution in [-0.4, -0.2) is 68.4 Å². The van der Waals surface area contributed by atoms with Crippen LogP contribution in [0.2, 0.25) is 0 Å². The van der Waals surface area contributed by atoms with Gasteiger partial charge >= 0.3 is 6.18 Å². The summed E-state index contributed by atoms with van der Waals surface area (Å²) in [4.78, 5) is 42.3. The number of carbonyl (C=O) groups is 3. The maximum absolute atomic E-state index is 13.3. The smallest absolute Gasteiger partial charge is 0.351 e. The first kappa shape index (κ1) is 25.4. The molecule has 3 N–H and O–H groups in total. The zero-order valence-corrected chi connectivity index (χ0v) is 20.5. The first-order valence-corrected chi connectivity index (χ1v) is 14.0. The number of H-pyrrole nitrogens is 1. The lowest BCUT2D eigenvalue weighted by Crippen LogP contribution is -2.50. The number of alkyl halides is 3. The van der Waals surface area contributed by atoms with Gasteiger partial charge in [-0.2, -0.15) is 18.4 Å². The Bertz CT molecular complexity index is 1060. The summed E-state index contributed by atoms with van der Waals surface area (Å²) in [5.74, 6) is 0.943. The van der Waals surface area contributed by atoms with Gasteiger partial charge in [0.25, 0.3) is 5.91 Å². The minimum atomic E-state index is -4.61. The molecular formula is C23H30F3N5O3S. The molecule has 1 aromatic rings. The van der Waals surface area contributed by atoms with E-state index in [1.54, 1.807) is 0 Å². The van der Waals surface area contributed by atoms with E-state index in [2.05, 4.69) is 15.6 Å². The van der Waals surface area contributed by atoms with E-state index in [9.17, 15) is 32.8 Å². The molecule has 3 atom stereocenters. The Hall–Kier alpha value is -2.68. The van der Waals surface area contributed by atoms with Gasteiger partial charge in [0.15, 0.2) is 0 Å². The predicted octanol–water partition coefficient (Wildman–Crippen LogP) is 2.73. The van der Waals surface area contributed by atoms with E-state index in [1.165, 1.54) is 4.90 Å². The van der Waals surface area contributed by atoms with Crippen molar-refractivity contribution in [3.05, 3.63) is 23.5 Å². The second-order valence-electron chi connectivity index (χ2n) is 10.4. The van der Waals surface area contributed by atoms with Gasteiger partial charge in [0.1, 0.15) is 23.5 Å². The average molecular weight is 514 g/mol. The quantitative estimate of drug-likeness (QED) is 0.561. The number of carbonyl (C=O) groups excluding carboxylic acids is 3. The van der Waals surface area contributed by atoms with E-state index >= 15 is 0 Å². The van der Waals surface area contributed by atoms with Crippen LogP contribution in [0, 0.1) is 17.2 Å². The molecule has 4 rings (SSSR count). The van der Waals surface area contributed by atoms with Crippen molar-refractivity contribution in [1.82, 2.24) is 20.5 Å². The van der Waals surface area contributed by atoms with Gasteiger partial charge in [-0.1, -0.05) is 0 Å². The van der Waals surface area contributed by atoms with Crippen LogP contribution >= 0.6 is 10.0 Å². The number of hydrogen-bond donors (Lipinski definition) is 3. The van der Waals surface area contributed by atoms with Crippen molar-refractivity contribution in [2.75, 3.05) is 23.1 Å². The molecular weight excluding hydrogens is 483 g/mol. The fourth-order valence-corrected chi connectivity index (χ4v) is 9.84. The summed E-state index contributed by atoms with van der Waals surface area (Å²) >= 11 is 0. The highest BCUT2D eigenvalue weighted by Crippen LogP contribution is 2.59. The van der Waals surface area contributed by atoms with Crippen molar-refractivity contribution in [3.8, 4) is 6.07 Å². The van der Waals surface area contributed by atoms with Gasteiger partial charge in [-0.25, -0.2) is 10.0 Å². The predicted molar refractivity (Wildman–Crippen MR) is 125 cm³/mol. The van der Waals surface area contributed by atoms with Crippen molar-refractivity contribution < 1.29 is 27.6 Å². The summed E-state index contributed by atoms with van der Waals surface area (Å²) in [6.07, 6.45) is -1.92. The molecule has 3 unspecified atom stereocenters. The van der Waals surface area contributed by atoms with Gasteiger partial charge in [0.05, 0.1) is 11.9 Å². The molecule has 35 heavy (non-hydrogen) atoms. The Morgan fingerprint density at radius 3 is 2.54 bits per heavy atom. The number of nitrogens with one attached hydrogen (secondary N) is 3. The summed E-state index contributed by atoms with van der Waals surface area (Å²) in [6, 6.07) is 2.18. The molecule has 12 heteroatoms. The van der Waals surface area contributed by atoms with Crippen LogP contribution in [0.4, 0.5) is 13.2 Å². The highest BCUT2D eigenvalue weighted by molar-refractivity contribution is 8.34. The third kappa shape index (κ3) is 5.29. The average Bonchev–Trinajstić information content (AvgIpc) is 3.54. The zero-order chi connectivity index (χ0) is 25.6. The summed E-state index contributed by atoms with van der Waals surface area (Å²) in [6.45, 7) is 3.78. The SMILES string of the molecule is CC1(C)CC(CC(C#N)NC(=O)C2CS3(CCCC3)CN2C(=O)c2ccc(C(F)(F)F)[nH]2)C(=O)N1. The molecule has 3 aliphatic heterocycles. The van der Waals surface area contributed by atoms with Gasteiger partial charge in [-0.15, -0.1) is 0 Å². The van der Waals surface area contributed by atoms with Crippen molar-refractivity contribution in [2.45, 2.75) is 63.3 Å². The van der Waals surface area contributed by atoms with Crippen molar-refractivity contribution in [2.24, 2.45) is 5.92 Å². The molecule has 3 saturated heterocycles. The monoisotopic (exact) mass is 513 g/mol. The first-order valence-electron chi connectivity index (χ1n) is 11.7. The Kier molecular flexibility index (Phi) is 6.59. The van der Waals surface area contributed by atoms with E-state index < -0.39 is 51.7 Å². The number of aromatic amines is 1. The van der Waals surface area contributed by atoms with E-state index in [4.69, 9.17) is 0 Å². The number of nitriles is 1. The molecule has 192 valence electrons. The Labute approximate surface area is 203 Å². The molecule has 0 bridgehead atoms. The van der Waals surface area contributed by atoms with Crippen LogP contribution in [0.25, 0.3) is 0 Å². The standard InChI is InChI=1S/C23H30F3N5O3S/c1-22(2)10-14(19(32)30-22)9-15(11-27)28-20(33)17-12-35(7-3-4-8-35)13-31(17)21(34)16-5-6-18(29-16)23(24,25)26/h5-6,14-15,17,29H,3-4,7-10,12-13H2,1-2H3,(H,28,33)(H,30,32). The number of amides is 3. The van der Waals surface area contributed by atoms with Gasteiger partial charge in [0.2, 0.25) is 11.8 Å². The van der Waals surface area contributed by atoms with Crippen LogP contribution in [0.3, 0.4) is 0 Å². The van der Waals surface area contributed by atoms with Crippen LogP contribution in [-0.2, 0) is 15.8 Å². The fraction of sp³-hybridized carbons (Fsp3) is 0.652. The second-order valence-corrected chi connectivity index (χ2v) is 14.3. The lowest BCUT2D eigenvalue weighted by Gasteiger charge is -2.29. The zero-order valence-electron chi connectivity index (χ0n) is 19.7. The molecule has 4 heterocycles. The van der Waals surface area contributed by atoms with Crippen molar-refractivity contribution in [3.63, 3.8) is 0 Å². The van der Waals surface area contributed by atoms with Gasteiger partial charge in [-0.05, 0) is 63.2 Å². The topological polar surface area (TPSA) is 118 Å². The number of rotatable bonds is 5. The summed E-state index contributed by atoms with van der Waals surface area (Å²) < 4.78 is 39.1. The summed E-state index contributed by atoms with van der Waals surface area (Å²) in [5.41, 5.74) is -1.62. The van der Waals surface area contributed by atoms with Crippen LogP contribution in [0.15, 0.2) is 12.1 Å². The van der Waals surface area contributed by atoms with E-state index in [0.717, 1.165) is 36.5 Å². The molecule has 1 spiro atoms. The van der Waals surface area contributed by atoms with Crippen LogP contribution in [0.5, 0.6) is 0 Å². The fourth-order valence-electron chi connectivity index (χ4n) is 5.42. The molecule has 0 aromatic carbocycles. The van der Waals surface area contributed by atoms with Crippen LogP contribution in [0.1, 0.15) is 55.7 Å². The van der Waals surface area contributed by atoms with Gasteiger partial charge < -0.3 is 20.5 Å². The highest BCUT2D eigenvalue weighted by Gasteiger charge is 2.48. The number of nitrogens with zero attached hydrogens (tertiary/aromatic N) is 2. The van der Waals surface area contributed by atoms with E-state index in [1.807, 2.05) is 19.9 Å². The van der Waals surface area contributed by atoms with E-state index in [0.29, 0.717) is 18.1 Å². The highest BCUT2D eigenvalue weighted by atomic mass is 32.3. The number of aromatic nitrogens is 1. The molecule has 8 nitrogen and oxygen atoms in total. The maximum Gasteiger partial charge on any atom is 0.431 e. The first-order chi connectivity index (χ1) is 16.3. The number of hydrogen-bond acceptors (Lipinski definition) is 4. The maximum atomic E-state index is 13.3. The molecule has 1 aromatic heterocycles. The lowest BCUT2D eigenvalue weighted by atomic mass is 9.92. The minimum Gasteiger partial charge on any atom is -0.351 e. The van der Waals surface area contributed by atoms with Gasteiger partial charge in [-0.3, -0.25) is 14.4 Å². The molecule has 3 amide bonds. The Morgan fingerprint density at radius 2 is 2.00 bits per heavy atom. The van der Waals surface area contributed by atoms with E-state index in [-0.39, 0.29) is 23.6 Å². The summed E-state index contributed by atoms with van der Waals surface area (Å²) in [5, 5.41) is 15.2. The second kappa shape index (κ2) is 9.08. The van der Waals surface area contributed by atoms with Crippen molar-refractivity contribution in [1.29, 1.82) is 5.26 Å². The third-order valence-electron chi connectivity index (χ3n) is 7.07. The molecule has 0 aliphatic carbocycles. The Balaban J connectivity index is 1.50. The lowest BCUT2D eigenvalue weighted by molar-refractivity contribution is -0.140. The van der Waals surface area contributed by atoms with Crippen molar-refractivity contribution >= 4 is 27.7 Å². The van der Waals surface area contributed by atoms with Gasteiger partial charge in [0, 0.05) is 17.2 Å². The Morgan fingerprint density at radius 1 is 1.31 bits per heavy atom. The third-order valence-corrected chi connectivity index (χ3v) is 11.2. The summed E-state index contributed by atoms with van der Waals surface area (Å²) in [7, 11) is -1.27. The molecule has 3 fully saturated rings. The molecule has 0 saturated carbocycles. The minimum absolute atomic E-state index is 0.155.